The molecule has 188 valence electrons. The highest BCUT2D eigenvalue weighted by Crippen LogP contribution is 2.29. The predicted octanol–water partition coefficient (Wildman–Crippen LogP) is 3.57. The van der Waals surface area contributed by atoms with Gasteiger partial charge in [-0.25, -0.2) is 8.42 Å². The van der Waals surface area contributed by atoms with Crippen molar-refractivity contribution in [2.45, 2.75) is 19.0 Å². The van der Waals surface area contributed by atoms with Crippen LogP contribution in [0, 0.1) is 25.2 Å². The van der Waals surface area contributed by atoms with E-state index in [2.05, 4.69) is 14.7 Å². The molecule has 0 radical (unpaired) electrons. The average molecular weight is 529 g/mol. The van der Waals surface area contributed by atoms with E-state index in [1.807, 2.05) is 38.1 Å². The van der Waals surface area contributed by atoms with E-state index in [0.29, 0.717) is 35.2 Å². The molecule has 1 N–H and O–H groups in total. The number of benzene rings is 2. The molecule has 0 unspecified atom stereocenters. The topological polar surface area (TPSA) is 140 Å². The molecule has 1 heterocycles. The van der Waals surface area contributed by atoms with Gasteiger partial charge in [-0.3, -0.25) is 10.1 Å². The van der Waals surface area contributed by atoms with Gasteiger partial charge in [-0.2, -0.15) is 14.6 Å². The van der Waals surface area contributed by atoms with Crippen molar-refractivity contribution in [1.29, 1.82) is 5.26 Å². The Balaban J connectivity index is 1.66. The Kier molecular flexibility index (Phi) is 8.63. The number of nitrogens with zero attached hydrogens (tertiary/aromatic N) is 3. The number of rotatable bonds is 10. The first-order valence-corrected chi connectivity index (χ1v) is 13.3. The first kappa shape index (κ1) is 26.7. The van der Waals surface area contributed by atoms with E-state index in [9.17, 15) is 18.5 Å². The highest BCUT2D eigenvalue weighted by atomic mass is 32.2. The summed E-state index contributed by atoms with van der Waals surface area (Å²) in [5, 5.41) is 11.4. The Morgan fingerprint density at radius 2 is 1.83 bits per heavy atom. The maximum atomic E-state index is 12.5. The third-order valence-corrected chi connectivity index (χ3v) is 6.41. The normalized spacial score (nSPS) is 11.5. The number of amides is 1. The van der Waals surface area contributed by atoms with Crippen LogP contribution >= 0.6 is 11.5 Å². The van der Waals surface area contributed by atoms with E-state index < -0.39 is 20.9 Å². The summed E-state index contributed by atoms with van der Waals surface area (Å²) >= 11 is 0.701. The number of ether oxygens (including phenoxy) is 3. The Morgan fingerprint density at radius 1 is 1.14 bits per heavy atom. The van der Waals surface area contributed by atoms with Crippen molar-refractivity contribution in [2.24, 2.45) is 0 Å². The lowest BCUT2D eigenvalue weighted by Crippen LogP contribution is -2.13. The number of anilines is 1. The molecule has 3 rings (SSSR count). The van der Waals surface area contributed by atoms with Gasteiger partial charge in [0.1, 0.15) is 30.6 Å². The standard InChI is InChI=1S/C24H24N4O6S2/c1-15-6-5-7-16(2)21(15)34-11-10-33-19-9-8-17(13-20(19)32-3)12-18(14-25)22(29)26-23-27-24(28-35-23)36(4,30)31/h5-9,12-13H,10-11H2,1-4H3,(H,26,27,28,29). The Hall–Kier alpha value is -3.95. The minimum atomic E-state index is -3.61. The largest absolute Gasteiger partial charge is 0.493 e. The molecular formula is C24H24N4O6S2. The van der Waals surface area contributed by atoms with Crippen LogP contribution in [0.4, 0.5) is 5.13 Å². The summed E-state index contributed by atoms with van der Waals surface area (Å²) < 4.78 is 43.7. The molecule has 3 aromatic rings. The van der Waals surface area contributed by atoms with E-state index in [0.717, 1.165) is 23.1 Å². The molecule has 2 aromatic carbocycles. The van der Waals surface area contributed by atoms with Crippen molar-refractivity contribution < 1.29 is 27.4 Å². The maximum absolute atomic E-state index is 12.5. The molecule has 0 bridgehead atoms. The average Bonchev–Trinajstić information content (AvgIpc) is 3.31. The molecule has 0 aliphatic heterocycles. The fourth-order valence-electron chi connectivity index (χ4n) is 3.11. The highest BCUT2D eigenvalue weighted by Gasteiger charge is 2.18. The second kappa shape index (κ2) is 11.7. The van der Waals surface area contributed by atoms with Crippen LogP contribution in [0.15, 0.2) is 47.1 Å². The molecule has 10 nitrogen and oxygen atoms in total. The van der Waals surface area contributed by atoms with Gasteiger partial charge in [0.2, 0.25) is 15.0 Å². The zero-order chi connectivity index (χ0) is 26.3. The zero-order valence-electron chi connectivity index (χ0n) is 20.1. The number of hydrogen-bond donors (Lipinski definition) is 1. The number of nitrogens with one attached hydrogen (secondary N) is 1. The summed E-state index contributed by atoms with van der Waals surface area (Å²) in [5.41, 5.74) is 2.39. The SMILES string of the molecule is COc1cc(C=C(C#N)C(=O)Nc2nc(S(C)(=O)=O)ns2)ccc1OCCOc1c(C)cccc1C. The second-order valence-corrected chi connectivity index (χ2v) is 10.3. The number of aryl methyl sites for hydroxylation is 2. The van der Waals surface area contributed by atoms with E-state index in [4.69, 9.17) is 14.2 Å². The van der Waals surface area contributed by atoms with E-state index in [1.54, 1.807) is 18.2 Å². The van der Waals surface area contributed by atoms with Gasteiger partial charge in [-0.1, -0.05) is 24.3 Å². The van der Waals surface area contributed by atoms with Crippen LogP contribution in [-0.2, 0) is 14.6 Å². The van der Waals surface area contributed by atoms with Crippen molar-refractivity contribution in [3.05, 3.63) is 58.7 Å². The minimum Gasteiger partial charge on any atom is -0.493 e. The fourth-order valence-corrected chi connectivity index (χ4v) is 4.55. The molecule has 12 heteroatoms. The van der Waals surface area contributed by atoms with Gasteiger partial charge >= 0.3 is 0 Å². The number of carbonyl (C=O) groups excluding carboxylic acids is 1. The monoisotopic (exact) mass is 528 g/mol. The van der Waals surface area contributed by atoms with Gasteiger partial charge < -0.3 is 14.2 Å². The number of aromatic nitrogens is 2. The quantitative estimate of drug-likeness (QED) is 0.237. The summed E-state index contributed by atoms with van der Waals surface area (Å²) in [7, 11) is -2.13. The number of sulfone groups is 1. The van der Waals surface area contributed by atoms with Crippen LogP contribution in [0.5, 0.6) is 17.2 Å². The number of hydrogen-bond acceptors (Lipinski definition) is 10. The summed E-state index contributed by atoms with van der Waals surface area (Å²) in [4.78, 5) is 16.2. The lowest BCUT2D eigenvalue weighted by molar-refractivity contribution is -0.112. The summed E-state index contributed by atoms with van der Waals surface area (Å²) in [6.45, 7) is 4.58. The predicted molar refractivity (Wildman–Crippen MR) is 135 cm³/mol. The van der Waals surface area contributed by atoms with Crippen molar-refractivity contribution in [3.8, 4) is 23.3 Å². The lowest BCUT2D eigenvalue weighted by atomic mass is 10.1. The Labute approximate surface area is 213 Å². The van der Waals surface area contributed by atoms with Crippen molar-refractivity contribution in [3.63, 3.8) is 0 Å². The van der Waals surface area contributed by atoms with Crippen molar-refractivity contribution >= 4 is 38.5 Å². The number of nitriles is 1. The Morgan fingerprint density at radius 3 is 2.44 bits per heavy atom. The molecule has 0 saturated heterocycles. The molecule has 0 aliphatic rings. The molecule has 0 aliphatic carbocycles. The number of methoxy groups -OCH3 is 1. The van der Waals surface area contributed by atoms with E-state index in [-0.39, 0.29) is 17.3 Å². The van der Waals surface area contributed by atoms with Crippen molar-refractivity contribution in [2.75, 3.05) is 31.9 Å². The molecule has 1 aromatic heterocycles. The first-order valence-electron chi connectivity index (χ1n) is 10.6. The molecule has 0 spiro atoms. The van der Waals surface area contributed by atoms with Crippen LogP contribution in [0.2, 0.25) is 0 Å². The maximum Gasteiger partial charge on any atom is 0.268 e. The van der Waals surface area contributed by atoms with Gasteiger partial charge in [-0.15, -0.1) is 0 Å². The second-order valence-electron chi connectivity index (χ2n) is 7.61. The summed E-state index contributed by atoms with van der Waals surface area (Å²) in [6.07, 6.45) is 2.32. The summed E-state index contributed by atoms with van der Waals surface area (Å²) in [5.74, 6) is 0.967. The van der Waals surface area contributed by atoms with Gasteiger partial charge in [0.15, 0.2) is 11.5 Å². The van der Waals surface area contributed by atoms with E-state index in [1.165, 1.54) is 13.2 Å². The smallest absolute Gasteiger partial charge is 0.268 e. The molecule has 0 fully saturated rings. The van der Waals surface area contributed by atoms with Gasteiger partial charge in [0, 0.05) is 17.8 Å². The molecule has 0 saturated carbocycles. The van der Waals surface area contributed by atoms with Crippen LogP contribution < -0.4 is 19.5 Å². The lowest BCUT2D eigenvalue weighted by Gasteiger charge is -2.14. The van der Waals surface area contributed by atoms with Crippen molar-refractivity contribution in [1.82, 2.24) is 9.36 Å². The van der Waals surface area contributed by atoms with E-state index >= 15 is 0 Å². The number of carbonyl (C=O) groups is 1. The van der Waals surface area contributed by atoms with Gasteiger partial charge in [0.25, 0.3) is 11.1 Å². The third kappa shape index (κ3) is 6.80. The van der Waals surface area contributed by atoms with Crippen LogP contribution in [0.25, 0.3) is 6.08 Å². The van der Waals surface area contributed by atoms with Crippen LogP contribution in [0.1, 0.15) is 16.7 Å². The summed E-state index contributed by atoms with van der Waals surface area (Å²) in [6, 6.07) is 12.7. The zero-order valence-corrected chi connectivity index (χ0v) is 21.7. The molecule has 1 amide bonds. The Bertz CT molecular complexity index is 1420. The fraction of sp³-hybridized carbons (Fsp3) is 0.250. The van der Waals surface area contributed by atoms with Gasteiger partial charge in [0.05, 0.1) is 7.11 Å². The highest BCUT2D eigenvalue weighted by molar-refractivity contribution is 7.90. The van der Waals surface area contributed by atoms with Crippen LogP contribution in [-0.4, -0.2) is 50.3 Å². The first-order chi connectivity index (χ1) is 17.1. The number of para-hydroxylation sites is 1. The van der Waals surface area contributed by atoms with Crippen LogP contribution in [0.3, 0.4) is 0 Å². The third-order valence-electron chi connectivity index (χ3n) is 4.82. The van der Waals surface area contributed by atoms with Gasteiger partial charge in [-0.05, 0) is 48.7 Å². The molecule has 0 atom stereocenters. The minimum absolute atomic E-state index is 0.0361. The molecular weight excluding hydrogens is 504 g/mol. The molecule has 36 heavy (non-hydrogen) atoms.